The Bertz CT molecular complexity index is 610. The summed E-state index contributed by atoms with van der Waals surface area (Å²) in [6.07, 6.45) is 7.20. The highest BCUT2D eigenvalue weighted by molar-refractivity contribution is 5.79. The number of ether oxygens (including phenoxy) is 3. The second kappa shape index (κ2) is 11.2. The van der Waals surface area contributed by atoms with E-state index in [-0.39, 0.29) is 30.3 Å². The van der Waals surface area contributed by atoms with Crippen molar-refractivity contribution in [3.8, 4) is 0 Å². The zero-order valence-electron chi connectivity index (χ0n) is 21.5. The minimum Gasteiger partial charge on any atom is -0.468 e. The first kappa shape index (κ1) is 26.9. The number of rotatable bonds is 7. The van der Waals surface area contributed by atoms with Gasteiger partial charge >= 0.3 is 12.1 Å². The molecule has 2 atom stereocenters. The lowest BCUT2D eigenvalue weighted by atomic mass is 9.83. The van der Waals surface area contributed by atoms with Crippen LogP contribution in [0.25, 0.3) is 0 Å². The van der Waals surface area contributed by atoms with Gasteiger partial charge < -0.3 is 19.1 Å². The maximum absolute atomic E-state index is 12.6. The molecule has 0 radical (unpaired) electrons. The van der Waals surface area contributed by atoms with E-state index in [1.807, 2.05) is 39.5 Å². The van der Waals surface area contributed by atoms with Crippen LogP contribution in [0.4, 0.5) is 4.79 Å². The Morgan fingerprint density at radius 1 is 0.969 bits per heavy atom. The summed E-state index contributed by atoms with van der Waals surface area (Å²) in [4.78, 5) is 26.3. The molecule has 2 aliphatic rings. The van der Waals surface area contributed by atoms with Crippen LogP contribution in [-0.2, 0) is 19.0 Å². The summed E-state index contributed by atoms with van der Waals surface area (Å²) in [5.41, 5.74) is -1.12. The quantitative estimate of drug-likeness (QED) is 0.563. The average Bonchev–Trinajstić information content (AvgIpc) is 2.66. The average molecular weight is 455 g/mol. The number of nitrogens with one attached hydrogen (secondary N) is 1. The van der Waals surface area contributed by atoms with E-state index in [4.69, 9.17) is 14.2 Å². The summed E-state index contributed by atoms with van der Waals surface area (Å²) >= 11 is 0. The molecule has 7 nitrogen and oxygen atoms in total. The number of likely N-dealkylation sites (tertiary alicyclic amines) is 1. The van der Waals surface area contributed by atoms with E-state index < -0.39 is 11.1 Å². The zero-order chi connectivity index (χ0) is 24.1. The van der Waals surface area contributed by atoms with Crippen LogP contribution in [0, 0.1) is 5.92 Å². The number of esters is 1. The largest absolute Gasteiger partial charge is 0.468 e. The molecule has 1 aliphatic heterocycles. The monoisotopic (exact) mass is 454 g/mol. The van der Waals surface area contributed by atoms with Crippen molar-refractivity contribution in [2.45, 2.75) is 129 Å². The molecule has 2 fully saturated rings. The van der Waals surface area contributed by atoms with Gasteiger partial charge in [-0.15, -0.1) is 0 Å². The van der Waals surface area contributed by atoms with Crippen LogP contribution in [0.5, 0.6) is 0 Å². The molecule has 0 aromatic rings. The summed E-state index contributed by atoms with van der Waals surface area (Å²) in [6.45, 7) is 14.4. The van der Waals surface area contributed by atoms with Crippen molar-refractivity contribution in [1.82, 2.24) is 10.2 Å². The fourth-order valence-corrected chi connectivity index (χ4v) is 5.15. The first-order chi connectivity index (χ1) is 14.8. The van der Waals surface area contributed by atoms with Crippen molar-refractivity contribution in [1.29, 1.82) is 0 Å². The van der Waals surface area contributed by atoms with Crippen molar-refractivity contribution in [3.05, 3.63) is 0 Å². The molecule has 32 heavy (non-hydrogen) atoms. The van der Waals surface area contributed by atoms with Crippen LogP contribution in [-0.4, -0.2) is 66.0 Å². The lowest BCUT2D eigenvalue weighted by Gasteiger charge is -2.42. The summed E-state index contributed by atoms with van der Waals surface area (Å²) < 4.78 is 16.7. The van der Waals surface area contributed by atoms with Crippen molar-refractivity contribution in [2.24, 2.45) is 5.92 Å². The first-order valence-electron chi connectivity index (χ1n) is 12.3. The fraction of sp³-hybridized carbons (Fsp3) is 0.920. The minimum absolute atomic E-state index is 0.110. The minimum atomic E-state index is -0.642. The molecule has 0 spiro atoms. The van der Waals surface area contributed by atoms with Gasteiger partial charge in [-0.3, -0.25) is 10.1 Å². The number of methoxy groups -OCH3 is 1. The normalized spacial score (nSPS) is 29.5. The van der Waals surface area contributed by atoms with E-state index in [0.717, 1.165) is 51.6 Å². The molecule has 186 valence electrons. The van der Waals surface area contributed by atoms with E-state index in [2.05, 4.69) is 19.2 Å². The molecule has 0 bridgehead atoms. The standard InChI is InChI=1S/C25H46N2O5/c1-17-15-21(16-18(2)27(17)23(29)32-24(3,4)5)31-14-13-19-9-11-20(12-10-19)26-25(6,7)22(28)30-8/h17-21,26H,9-16H2,1-8H3. The Hall–Kier alpha value is -1.34. The van der Waals surface area contributed by atoms with E-state index in [9.17, 15) is 9.59 Å². The third-order valence-electron chi connectivity index (χ3n) is 6.75. The maximum atomic E-state index is 12.6. The van der Waals surface area contributed by atoms with Gasteiger partial charge in [-0.25, -0.2) is 4.79 Å². The summed E-state index contributed by atoms with van der Waals surface area (Å²) in [6, 6.07) is 0.580. The van der Waals surface area contributed by atoms with Gasteiger partial charge in [0.25, 0.3) is 0 Å². The second-order valence-electron chi connectivity index (χ2n) is 11.3. The summed E-state index contributed by atoms with van der Waals surface area (Å²) in [5.74, 6) is 0.459. The van der Waals surface area contributed by atoms with Gasteiger partial charge in [0, 0.05) is 24.7 Å². The van der Waals surface area contributed by atoms with E-state index >= 15 is 0 Å². The highest BCUT2D eigenvalue weighted by atomic mass is 16.6. The SMILES string of the molecule is COC(=O)C(C)(C)NC1CCC(CCOC2CC(C)N(C(=O)OC(C)(C)C)C(C)C2)CC1. The molecule has 1 aliphatic carbocycles. The summed E-state index contributed by atoms with van der Waals surface area (Å²) in [7, 11) is 1.44. The maximum Gasteiger partial charge on any atom is 0.410 e. The predicted octanol–water partition coefficient (Wildman–Crippen LogP) is 4.67. The van der Waals surface area contributed by atoms with Gasteiger partial charge in [-0.1, -0.05) is 0 Å². The molecule has 2 rings (SSSR count). The predicted molar refractivity (Wildman–Crippen MR) is 126 cm³/mol. The molecule has 0 aromatic heterocycles. The Morgan fingerprint density at radius 3 is 2.03 bits per heavy atom. The third kappa shape index (κ3) is 7.91. The van der Waals surface area contributed by atoms with E-state index in [1.54, 1.807) is 0 Å². The zero-order valence-corrected chi connectivity index (χ0v) is 21.5. The molecular formula is C25H46N2O5. The van der Waals surface area contributed by atoms with Crippen molar-refractivity contribution in [3.63, 3.8) is 0 Å². The van der Waals surface area contributed by atoms with Crippen LogP contribution < -0.4 is 5.32 Å². The Labute approximate surface area is 194 Å². The Kier molecular flexibility index (Phi) is 9.41. The van der Waals surface area contributed by atoms with Crippen molar-refractivity contribution >= 4 is 12.1 Å². The number of carbonyl (C=O) groups excluding carboxylic acids is 2. The molecular weight excluding hydrogens is 408 g/mol. The molecule has 1 saturated heterocycles. The van der Waals surface area contributed by atoms with Crippen LogP contribution in [0.1, 0.15) is 93.4 Å². The van der Waals surface area contributed by atoms with Gasteiger partial charge in [0.2, 0.25) is 0 Å². The number of hydrogen-bond donors (Lipinski definition) is 1. The van der Waals surface area contributed by atoms with Crippen LogP contribution >= 0.6 is 0 Å². The molecule has 1 heterocycles. The highest BCUT2D eigenvalue weighted by Gasteiger charge is 2.37. The third-order valence-corrected chi connectivity index (χ3v) is 6.75. The highest BCUT2D eigenvalue weighted by Crippen LogP contribution is 2.30. The van der Waals surface area contributed by atoms with E-state index in [1.165, 1.54) is 7.11 Å². The first-order valence-corrected chi connectivity index (χ1v) is 12.3. The number of nitrogens with zero attached hydrogens (tertiary/aromatic N) is 1. The molecule has 1 amide bonds. The number of hydrogen-bond acceptors (Lipinski definition) is 6. The van der Waals surface area contributed by atoms with Gasteiger partial charge in [0.1, 0.15) is 11.1 Å². The molecule has 1 saturated carbocycles. The second-order valence-corrected chi connectivity index (χ2v) is 11.3. The van der Waals surface area contributed by atoms with Crippen LogP contribution in [0.2, 0.25) is 0 Å². The topological polar surface area (TPSA) is 77.1 Å². The number of piperidine rings is 1. The Morgan fingerprint density at radius 2 is 1.53 bits per heavy atom. The molecule has 7 heteroatoms. The van der Waals surface area contributed by atoms with Gasteiger partial charge in [0.05, 0.1) is 13.2 Å². The van der Waals surface area contributed by atoms with Gasteiger partial charge in [-0.05, 0) is 99.3 Å². The van der Waals surface area contributed by atoms with Crippen LogP contribution in [0.15, 0.2) is 0 Å². The lowest BCUT2D eigenvalue weighted by Crippen LogP contribution is -2.53. The molecule has 2 unspecified atom stereocenters. The summed E-state index contributed by atoms with van der Waals surface area (Å²) in [5, 5.41) is 3.46. The number of amides is 1. The molecule has 1 N–H and O–H groups in total. The number of carbonyl (C=O) groups is 2. The Balaban J connectivity index is 1.70. The van der Waals surface area contributed by atoms with E-state index in [0.29, 0.717) is 12.0 Å². The van der Waals surface area contributed by atoms with Gasteiger partial charge in [0.15, 0.2) is 0 Å². The van der Waals surface area contributed by atoms with Crippen molar-refractivity contribution < 1.29 is 23.8 Å². The fourth-order valence-electron chi connectivity index (χ4n) is 5.15. The molecule has 0 aromatic carbocycles. The van der Waals surface area contributed by atoms with Crippen LogP contribution in [0.3, 0.4) is 0 Å². The van der Waals surface area contributed by atoms with Crippen molar-refractivity contribution in [2.75, 3.05) is 13.7 Å². The van der Waals surface area contributed by atoms with Gasteiger partial charge in [-0.2, -0.15) is 0 Å². The smallest absolute Gasteiger partial charge is 0.410 e. The lowest BCUT2D eigenvalue weighted by molar-refractivity contribution is -0.147.